The van der Waals surface area contributed by atoms with Crippen LogP contribution < -0.4 is 16.8 Å². The van der Waals surface area contributed by atoms with E-state index in [9.17, 15) is 19.2 Å². The van der Waals surface area contributed by atoms with Gasteiger partial charge in [0.15, 0.2) is 0 Å². The van der Waals surface area contributed by atoms with Crippen LogP contribution in [0.5, 0.6) is 0 Å². The van der Waals surface area contributed by atoms with Crippen LogP contribution in [0.2, 0.25) is 0 Å². The summed E-state index contributed by atoms with van der Waals surface area (Å²) in [6.07, 6.45) is 0.0635. The molecule has 0 spiro atoms. The highest BCUT2D eigenvalue weighted by Crippen LogP contribution is 2.11. The Labute approximate surface area is 116 Å². The average Bonchev–Trinajstić information content (AvgIpc) is 2.23. The minimum Gasteiger partial charge on any atom is -0.481 e. The summed E-state index contributed by atoms with van der Waals surface area (Å²) < 4.78 is 0. The number of rotatable bonds is 8. The van der Waals surface area contributed by atoms with Crippen molar-refractivity contribution in [1.82, 2.24) is 10.2 Å². The second kappa shape index (κ2) is 7.31. The van der Waals surface area contributed by atoms with Gasteiger partial charge in [0.2, 0.25) is 11.8 Å². The zero-order valence-electron chi connectivity index (χ0n) is 11.5. The molecule has 114 valence electrons. The number of aliphatic carboxylic acids is 1. The second-order valence-electron chi connectivity index (χ2n) is 5.00. The number of hydrogen-bond acceptors (Lipinski definition) is 4. The van der Waals surface area contributed by atoms with Gasteiger partial charge in [0.1, 0.15) is 13.1 Å². The summed E-state index contributed by atoms with van der Waals surface area (Å²) in [5, 5.41) is 11.1. The van der Waals surface area contributed by atoms with Gasteiger partial charge in [0.25, 0.3) is 0 Å². The van der Waals surface area contributed by atoms with Gasteiger partial charge < -0.3 is 26.8 Å². The zero-order chi connectivity index (χ0) is 15.9. The molecule has 9 nitrogen and oxygen atoms in total. The predicted octanol–water partition coefficient (Wildman–Crippen LogP) is -1.39. The first-order valence-corrected chi connectivity index (χ1v) is 5.89. The molecular weight excluding hydrogens is 268 g/mol. The maximum Gasteiger partial charge on any atom is 0.318 e. The summed E-state index contributed by atoms with van der Waals surface area (Å²) in [6, 6.07) is -0.710. The lowest BCUT2D eigenvalue weighted by Crippen LogP contribution is -2.53. The van der Waals surface area contributed by atoms with Crippen LogP contribution in [-0.4, -0.2) is 52.4 Å². The van der Waals surface area contributed by atoms with Crippen molar-refractivity contribution in [1.29, 1.82) is 0 Å². The maximum atomic E-state index is 11.9. The molecule has 20 heavy (non-hydrogen) atoms. The molecule has 0 atom stereocenters. The van der Waals surface area contributed by atoms with Crippen LogP contribution in [0.3, 0.4) is 0 Å². The highest BCUT2D eigenvalue weighted by atomic mass is 16.4. The zero-order valence-corrected chi connectivity index (χ0v) is 11.5. The lowest BCUT2D eigenvalue weighted by atomic mass is 9.99. The van der Waals surface area contributed by atoms with Gasteiger partial charge in [-0.1, -0.05) is 0 Å². The van der Waals surface area contributed by atoms with E-state index in [1.165, 1.54) is 0 Å². The topological polar surface area (TPSA) is 156 Å². The lowest BCUT2D eigenvalue weighted by Gasteiger charge is -2.29. The molecule has 0 aromatic carbocycles. The number of hydrogen-bond donors (Lipinski definition) is 4. The fraction of sp³-hybridized carbons (Fsp3) is 0.636. The molecule has 0 saturated heterocycles. The van der Waals surface area contributed by atoms with E-state index >= 15 is 0 Å². The second-order valence-corrected chi connectivity index (χ2v) is 5.00. The van der Waals surface area contributed by atoms with E-state index in [1.807, 2.05) is 0 Å². The third-order valence-corrected chi connectivity index (χ3v) is 2.39. The molecule has 0 fully saturated rings. The minimum atomic E-state index is -0.988. The molecule has 0 heterocycles. The number of carboxylic acid groups (broad SMARTS) is 1. The van der Waals surface area contributed by atoms with Crippen molar-refractivity contribution >= 4 is 23.8 Å². The largest absolute Gasteiger partial charge is 0.481 e. The van der Waals surface area contributed by atoms with Gasteiger partial charge in [-0.2, -0.15) is 0 Å². The Morgan fingerprint density at radius 2 is 1.55 bits per heavy atom. The third kappa shape index (κ3) is 7.90. The third-order valence-electron chi connectivity index (χ3n) is 2.39. The van der Waals surface area contributed by atoms with Crippen LogP contribution in [0.1, 0.15) is 26.7 Å². The number of nitrogens with two attached hydrogens (primary N) is 2. The molecular formula is C11H20N4O5. The minimum absolute atomic E-state index is 0.126. The highest BCUT2D eigenvalue weighted by Gasteiger charge is 2.26. The number of nitrogens with zero attached hydrogens (tertiary/aromatic N) is 1. The molecule has 0 radical (unpaired) electrons. The lowest BCUT2D eigenvalue weighted by molar-refractivity contribution is -0.137. The first-order valence-electron chi connectivity index (χ1n) is 5.89. The molecule has 0 aromatic rings. The van der Waals surface area contributed by atoms with E-state index < -0.39 is 42.4 Å². The van der Waals surface area contributed by atoms with E-state index in [0.29, 0.717) is 0 Å². The smallest absolute Gasteiger partial charge is 0.318 e. The fourth-order valence-electron chi connectivity index (χ4n) is 1.43. The first kappa shape index (κ1) is 17.7. The summed E-state index contributed by atoms with van der Waals surface area (Å²) in [5.74, 6) is -2.56. The van der Waals surface area contributed by atoms with E-state index in [0.717, 1.165) is 4.90 Å². The molecule has 6 N–H and O–H groups in total. The Bertz CT molecular complexity index is 392. The van der Waals surface area contributed by atoms with E-state index in [1.54, 1.807) is 13.8 Å². The molecule has 0 aliphatic heterocycles. The van der Waals surface area contributed by atoms with Crippen molar-refractivity contribution in [3.05, 3.63) is 0 Å². The van der Waals surface area contributed by atoms with Crippen LogP contribution in [0.25, 0.3) is 0 Å². The molecule has 0 aliphatic rings. The van der Waals surface area contributed by atoms with Gasteiger partial charge in [-0.15, -0.1) is 0 Å². The van der Waals surface area contributed by atoms with Crippen molar-refractivity contribution in [3.8, 4) is 0 Å². The molecule has 0 unspecified atom stereocenters. The average molecular weight is 288 g/mol. The van der Waals surface area contributed by atoms with E-state index in [2.05, 4.69) is 5.32 Å². The van der Waals surface area contributed by atoms with Crippen LogP contribution >= 0.6 is 0 Å². The standard InChI is InChI=1S/C11H20N4O5/c1-11(2,4-3-9(18)19)14-10(20)15(5-7(12)16)6-8(13)17/h3-6H2,1-2H3,(H2,12,16)(H2,13,17)(H,14,20)(H,18,19). The number of amides is 4. The normalized spacial score (nSPS) is 10.7. The van der Waals surface area contributed by atoms with E-state index in [-0.39, 0.29) is 12.8 Å². The molecule has 0 saturated carbocycles. The maximum absolute atomic E-state index is 11.9. The van der Waals surface area contributed by atoms with Gasteiger partial charge in [0.05, 0.1) is 0 Å². The number of carboxylic acids is 1. The number of carbonyl (C=O) groups is 4. The molecule has 0 bridgehead atoms. The summed E-state index contributed by atoms with van der Waals surface area (Å²) in [7, 11) is 0. The van der Waals surface area contributed by atoms with Gasteiger partial charge in [-0.05, 0) is 20.3 Å². The number of nitrogens with one attached hydrogen (secondary N) is 1. The van der Waals surface area contributed by atoms with Crippen molar-refractivity contribution in [3.63, 3.8) is 0 Å². The quantitative estimate of drug-likeness (QED) is 0.432. The Morgan fingerprint density at radius 1 is 1.10 bits per heavy atom. The molecule has 9 heteroatoms. The van der Waals surface area contributed by atoms with Crippen molar-refractivity contribution in [2.75, 3.05) is 13.1 Å². The van der Waals surface area contributed by atoms with Crippen molar-refractivity contribution in [2.24, 2.45) is 11.5 Å². The fourth-order valence-corrected chi connectivity index (χ4v) is 1.43. The summed E-state index contributed by atoms with van der Waals surface area (Å²) in [5.41, 5.74) is 9.14. The predicted molar refractivity (Wildman–Crippen MR) is 69.4 cm³/mol. The monoisotopic (exact) mass is 288 g/mol. The van der Waals surface area contributed by atoms with Crippen LogP contribution in [0.4, 0.5) is 4.79 Å². The highest BCUT2D eigenvalue weighted by molar-refractivity contribution is 5.87. The van der Waals surface area contributed by atoms with Gasteiger partial charge in [-0.3, -0.25) is 14.4 Å². The van der Waals surface area contributed by atoms with E-state index in [4.69, 9.17) is 16.6 Å². The Morgan fingerprint density at radius 3 is 1.90 bits per heavy atom. The summed E-state index contributed by atoms with van der Waals surface area (Å²) in [6.45, 7) is 2.34. The van der Waals surface area contributed by atoms with Crippen LogP contribution in [-0.2, 0) is 14.4 Å². The van der Waals surface area contributed by atoms with Crippen LogP contribution in [0.15, 0.2) is 0 Å². The Kier molecular flexibility index (Phi) is 6.47. The molecule has 0 rings (SSSR count). The molecule has 0 aliphatic carbocycles. The SMILES string of the molecule is CC(C)(CCC(=O)O)NC(=O)N(CC(N)=O)CC(N)=O. The van der Waals surface area contributed by atoms with Crippen LogP contribution in [0, 0.1) is 0 Å². The van der Waals surface area contributed by atoms with Crippen molar-refractivity contribution in [2.45, 2.75) is 32.2 Å². The Balaban J connectivity index is 4.68. The number of primary amides is 2. The first-order chi connectivity index (χ1) is 9.03. The summed E-state index contributed by atoms with van der Waals surface area (Å²) in [4.78, 5) is 45.0. The summed E-state index contributed by atoms with van der Waals surface area (Å²) >= 11 is 0. The van der Waals surface area contributed by atoms with Gasteiger partial charge in [0, 0.05) is 12.0 Å². The van der Waals surface area contributed by atoms with Gasteiger partial charge >= 0.3 is 12.0 Å². The van der Waals surface area contributed by atoms with Crippen molar-refractivity contribution < 1.29 is 24.3 Å². The Hall–Kier alpha value is -2.32. The molecule has 4 amide bonds. The number of urea groups is 1. The van der Waals surface area contributed by atoms with Gasteiger partial charge in [-0.25, -0.2) is 4.79 Å². The number of carbonyl (C=O) groups excluding carboxylic acids is 3. The molecule has 0 aromatic heterocycles.